The Kier molecular flexibility index (Phi) is 11.4. The molecule has 0 saturated carbocycles. The SMILES string of the molecule is Cc1ccc(C2(c3ccc(C)cc3)c3cc(C=C4C(=O)c5ccccc5C4=C(C#N)C#N)ccc3-c3cc4c(cc32)-c2sc3cc(C=C5C(=O)c6ccccc6C5=C(C#N)C#N)sc3c2C4(c2ccc(C)cc2)c2ccc(C)cc2)cc1. The molecule has 4 aliphatic carbocycles. The van der Waals surface area contributed by atoms with Crippen molar-refractivity contribution in [1.29, 1.82) is 21.0 Å². The van der Waals surface area contributed by atoms with E-state index < -0.39 is 10.8 Å². The van der Waals surface area contributed by atoms with E-state index in [-0.39, 0.29) is 22.7 Å². The second-order valence-electron chi connectivity index (χ2n) is 21.7. The van der Waals surface area contributed by atoms with Crippen molar-refractivity contribution in [3.05, 3.63) is 304 Å². The van der Waals surface area contributed by atoms with Gasteiger partial charge in [-0.05, 0) is 136 Å². The zero-order chi connectivity index (χ0) is 56.3. The molecule has 0 aliphatic heterocycles. The Hall–Kier alpha value is -10.3. The predicted octanol–water partition coefficient (Wildman–Crippen LogP) is 17.1. The molecule has 0 bridgehead atoms. The lowest BCUT2D eigenvalue weighted by molar-refractivity contribution is 0.103. The second kappa shape index (κ2) is 18.6. The van der Waals surface area contributed by atoms with Gasteiger partial charge < -0.3 is 0 Å². The topological polar surface area (TPSA) is 129 Å². The normalized spacial score (nSPS) is 15.5. The molecule has 0 atom stereocenters. The van der Waals surface area contributed by atoms with Crippen LogP contribution in [0, 0.1) is 73.0 Å². The van der Waals surface area contributed by atoms with Gasteiger partial charge in [0.1, 0.15) is 35.4 Å². The number of carbonyl (C=O) groups excluding carboxylic acids is 2. The summed E-state index contributed by atoms with van der Waals surface area (Å²) in [5, 5.41) is 41.0. The molecule has 0 fully saturated rings. The van der Waals surface area contributed by atoms with Crippen LogP contribution in [0.25, 0.3) is 54.3 Å². The van der Waals surface area contributed by atoms with Gasteiger partial charge in [0.05, 0.1) is 15.5 Å². The predicted molar refractivity (Wildman–Crippen MR) is 327 cm³/mol. The van der Waals surface area contributed by atoms with Gasteiger partial charge in [-0.1, -0.05) is 180 Å². The summed E-state index contributed by atoms with van der Waals surface area (Å²) in [6, 6.07) is 71.7. The van der Waals surface area contributed by atoms with Gasteiger partial charge in [0, 0.05) is 53.4 Å². The number of ketones is 2. The van der Waals surface area contributed by atoms with E-state index >= 15 is 0 Å². The Labute approximate surface area is 482 Å². The molecule has 14 rings (SSSR count). The van der Waals surface area contributed by atoms with Crippen molar-refractivity contribution in [3.8, 4) is 45.8 Å². The van der Waals surface area contributed by atoms with E-state index in [4.69, 9.17) is 0 Å². The fourth-order valence-corrected chi connectivity index (χ4v) is 16.1. The van der Waals surface area contributed by atoms with Gasteiger partial charge in [-0.25, -0.2) is 0 Å². The fraction of sp³-hybridized carbons (Fsp3) is 0.0811. The van der Waals surface area contributed by atoms with Crippen LogP contribution < -0.4 is 0 Å². The van der Waals surface area contributed by atoms with E-state index in [1.807, 2.05) is 24.3 Å². The van der Waals surface area contributed by atoms with Crippen LogP contribution in [0.4, 0.5) is 0 Å². The molecule has 0 N–H and O–H groups in total. The average Bonchev–Trinajstić information content (AvgIpc) is 1.91. The van der Waals surface area contributed by atoms with E-state index in [1.54, 1.807) is 59.1 Å². The highest BCUT2D eigenvalue weighted by molar-refractivity contribution is 7.30. The quantitative estimate of drug-likeness (QED) is 0.120. The van der Waals surface area contributed by atoms with Crippen molar-refractivity contribution in [3.63, 3.8) is 0 Å². The highest BCUT2D eigenvalue weighted by Gasteiger charge is 2.53. The van der Waals surface area contributed by atoms with Crippen LogP contribution in [-0.4, -0.2) is 11.6 Å². The molecule has 0 saturated heterocycles. The Morgan fingerprint density at radius 2 is 0.829 bits per heavy atom. The van der Waals surface area contributed by atoms with Gasteiger partial charge in [-0.3, -0.25) is 9.59 Å². The zero-order valence-electron chi connectivity index (χ0n) is 44.9. The summed E-state index contributed by atoms with van der Waals surface area (Å²) in [5.41, 5.74) is 18.9. The maximum Gasteiger partial charge on any atom is 0.194 e. The number of benzene rings is 8. The van der Waals surface area contributed by atoms with Crippen LogP contribution >= 0.6 is 22.7 Å². The number of thiophene rings is 2. The molecular weight excluding hydrogens is 1040 g/mol. The third kappa shape index (κ3) is 7.00. The van der Waals surface area contributed by atoms with Crippen molar-refractivity contribution >= 4 is 66.9 Å². The number of carbonyl (C=O) groups is 2. The number of Topliss-reactive ketones (excluding diaryl/α,β-unsaturated/α-hetero) is 2. The first-order chi connectivity index (χ1) is 39.9. The number of hydrogen-bond donors (Lipinski definition) is 0. The summed E-state index contributed by atoms with van der Waals surface area (Å²) < 4.78 is 2.15. The van der Waals surface area contributed by atoms with E-state index in [0.29, 0.717) is 44.5 Å². The largest absolute Gasteiger partial charge is 0.289 e. The first-order valence-electron chi connectivity index (χ1n) is 26.9. The average molecular weight is 1090 g/mol. The smallest absolute Gasteiger partial charge is 0.194 e. The molecule has 0 unspecified atom stereocenters. The highest BCUT2D eigenvalue weighted by Crippen LogP contribution is 2.66. The van der Waals surface area contributed by atoms with Crippen LogP contribution in [0.2, 0.25) is 0 Å². The molecular formula is C74H44N4O2S2. The molecule has 384 valence electrons. The maximum absolute atomic E-state index is 14.4. The fourth-order valence-electron chi connectivity index (χ4n) is 13.4. The number of nitriles is 4. The van der Waals surface area contributed by atoms with Crippen molar-refractivity contribution in [2.75, 3.05) is 0 Å². The van der Waals surface area contributed by atoms with Gasteiger partial charge in [0.15, 0.2) is 11.6 Å². The van der Waals surface area contributed by atoms with Crippen molar-refractivity contribution in [1.82, 2.24) is 0 Å². The minimum absolute atomic E-state index is 0.0989. The lowest BCUT2D eigenvalue weighted by Gasteiger charge is -2.36. The van der Waals surface area contributed by atoms with Crippen LogP contribution in [0.1, 0.15) is 109 Å². The Balaban J connectivity index is 1.07. The summed E-state index contributed by atoms with van der Waals surface area (Å²) in [6.45, 7) is 8.43. The van der Waals surface area contributed by atoms with Crippen LogP contribution in [0.15, 0.2) is 204 Å². The molecule has 0 amide bonds. The lowest BCUT2D eigenvalue weighted by Crippen LogP contribution is -2.30. The Morgan fingerprint density at radius 1 is 0.415 bits per heavy atom. The molecule has 10 aromatic rings. The first-order valence-corrected chi connectivity index (χ1v) is 28.6. The summed E-state index contributed by atoms with van der Waals surface area (Å²) in [6.07, 6.45) is 3.72. The molecule has 2 heterocycles. The third-order valence-corrected chi connectivity index (χ3v) is 19.5. The Morgan fingerprint density at radius 3 is 1.30 bits per heavy atom. The molecule has 0 spiro atoms. The number of hydrogen-bond acceptors (Lipinski definition) is 8. The summed E-state index contributed by atoms with van der Waals surface area (Å²) in [7, 11) is 0. The molecule has 6 nitrogen and oxygen atoms in total. The van der Waals surface area contributed by atoms with E-state index in [0.717, 1.165) is 103 Å². The zero-order valence-corrected chi connectivity index (χ0v) is 46.5. The molecule has 8 aromatic carbocycles. The molecule has 4 aliphatic rings. The monoisotopic (exact) mass is 1080 g/mol. The van der Waals surface area contributed by atoms with Crippen molar-refractivity contribution < 1.29 is 9.59 Å². The number of nitrogens with zero attached hydrogens (tertiary/aromatic N) is 4. The number of aryl methyl sites for hydroxylation is 4. The second-order valence-corrected chi connectivity index (χ2v) is 23.8. The van der Waals surface area contributed by atoms with Crippen LogP contribution in [0.3, 0.4) is 0 Å². The molecule has 0 radical (unpaired) electrons. The minimum atomic E-state index is -0.878. The summed E-state index contributed by atoms with van der Waals surface area (Å²) in [5.74, 6) is -0.449. The van der Waals surface area contributed by atoms with Crippen molar-refractivity contribution in [2.24, 2.45) is 0 Å². The van der Waals surface area contributed by atoms with Crippen molar-refractivity contribution in [2.45, 2.75) is 38.5 Å². The van der Waals surface area contributed by atoms with E-state index in [9.17, 15) is 30.6 Å². The van der Waals surface area contributed by atoms with Crippen LogP contribution in [0.5, 0.6) is 0 Å². The molecule has 2 aromatic heterocycles. The maximum atomic E-state index is 14.4. The summed E-state index contributed by atoms with van der Waals surface area (Å²) >= 11 is 3.37. The van der Waals surface area contributed by atoms with E-state index in [2.05, 4.69) is 185 Å². The lowest BCUT2D eigenvalue weighted by atomic mass is 9.65. The van der Waals surface area contributed by atoms with Gasteiger partial charge in [0.2, 0.25) is 0 Å². The molecule has 82 heavy (non-hydrogen) atoms. The number of rotatable bonds is 6. The van der Waals surface area contributed by atoms with Crippen LogP contribution in [-0.2, 0) is 10.8 Å². The number of allylic oxidation sites excluding steroid dienone is 6. The van der Waals surface area contributed by atoms with Gasteiger partial charge in [0.25, 0.3) is 0 Å². The third-order valence-electron chi connectivity index (χ3n) is 17.1. The molecule has 8 heteroatoms. The van der Waals surface area contributed by atoms with E-state index in [1.165, 1.54) is 5.56 Å². The standard InChI is InChI=1S/C74H44N4O2S2/c1-41-13-22-48(23-14-41)73(49-24-15-42(2)16-25-49)62-32-45(31-60-66(46(37-75)38-76)54-9-5-7-11-56(54)69(60)79)21-30-53(62)58-35-64-59(36-63(58)73)71-68(74(64,50-26-17-43(3)18-27-50)51-28-19-44(4)20-29-51)72-65(82-71)34-52(81-72)33-61-67(47(39-77)40-78)55-10-6-8-12-57(55)70(61)80/h5-36H,1-4H3. The van der Waals surface area contributed by atoms with Gasteiger partial charge in [-0.2, -0.15) is 21.0 Å². The van der Waals surface area contributed by atoms with Gasteiger partial charge in [-0.15, -0.1) is 22.7 Å². The Bertz CT molecular complexity index is 4710. The minimum Gasteiger partial charge on any atom is -0.289 e. The highest BCUT2D eigenvalue weighted by atomic mass is 32.1. The van der Waals surface area contributed by atoms with Gasteiger partial charge >= 0.3 is 0 Å². The number of fused-ring (bicyclic) bond motifs is 10. The first kappa shape index (κ1) is 49.9. The summed E-state index contributed by atoms with van der Waals surface area (Å²) in [4.78, 5) is 30.7.